The van der Waals surface area contributed by atoms with Crippen LogP contribution in [0.2, 0.25) is 5.02 Å². The predicted molar refractivity (Wildman–Crippen MR) is 109 cm³/mol. The summed E-state index contributed by atoms with van der Waals surface area (Å²) in [7, 11) is -1.90. The van der Waals surface area contributed by atoms with E-state index in [1.807, 2.05) is 24.3 Å². The SMILES string of the molecule is COc1ccc(Cl)cc1C(=O)NCCCS(=O)(=O)N1CCc2ccccc2C1. The lowest BCUT2D eigenvalue weighted by atomic mass is 10.0. The number of nitrogens with zero attached hydrogens (tertiary/aromatic N) is 1. The van der Waals surface area contributed by atoms with E-state index >= 15 is 0 Å². The van der Waals surface area contributed by atoms with Gasteiger partial charge in [-0.05, 0) is 42.2 Å². The van der Waals surface area contributed by atoms with Crippen molar-refractivity contribution in [3.05, 3.63) is 64.2 Å². The van der Waals surface area contributed by atoms with Gasteiger partial charge in [0.15, 0.2) is 0 Å². The first kappa shape index (κ1) is 20.6. The third-order valence-electron chi connectivity index (χ3n) is 4.76. The second-order valence-electron chi connectivity index (χ2n) is 6.62. The standard InChI is InChI=1S/C20H23ClN2O4S/c1-27-19-8-7-17(21)13-18(19)20(24)22-10-4-12-28(25,26)23-11-9-15-5-2-3-6-16(15)14-23/h2-3,5-8,13H,4,9-12,14H2,1H3,(H,22,24). The van der Waals surface area contributed by atoms with E-state index in [1.54, 1.807) is 12.1 Å². The summed E-state index contributed by atoms with van der Waals surface area (Å²) in [6, 6.07) is 12.7. The minimum absolute atomic E-state index is 0.0118. The van der Waals surface area contributed by atoms with Crippen LogP contribution in [0.1, 0.15) is 27.9 Å². The van der Waals surface area contributed by atoms with Gasteiger partial charge in [0.2, 0.25) is 10.0 Å². The molecule has 1 amide bonds. The molecule has 0 saturated heterocycles. The van der Waals surface area contributed by atoms with Gasteiger partial charge in [0.05, 0.1) is 18.4 Å². The molecule has 0 aromatic heterocycles. The lowest BCUT2D eigenvalue weighted by Crippen LogP contribution is -2.38. The summed E-state index contributed by atoms with van der Waals surface area (Å²) in [6.45, 7) is 1.15. The fourth-order valence-corrected chi connectivity index (χ4v) is 4.89. The first-order valence-electron chi connectivity index (χ1n) is 9.07. The summed E-state index contributed by atoms with van der Waals surface area (Å²) >= 11 is 5.94. The summed E-state index contributed by atoms with van der Waals surface area (Å²) in [5.41, 5.74) is 2.58. The van der Waals surface area contributed by atoms with Crippen LogP contribution in [0.5, 0.6) is 5.75 Å². The van der Waals surface area contributed by atoms with E-state index in [-0.39, 0.29) is 18.2 Å². The topological polar surface area (TPSA) is 75.7 Å². The largest absolute Gasteiger partial charge is 0.496 e. The van der Waals surface area contributed by atoms with E-state index in [0.29, 0.717) is 35.8 Å². The predicted octanol–water partition coefficient (Wildman–Crippen LogP) is 2.86. The van der Waals surface area contributed by atoms with E-state index in [4.69, 9.17) is 16.3 Å². The van der Waals surface area contributed by atoms with E-state index in [0.717, 1.165) is 12.0 Å². The van der Waals surface area contributed by atoms with E-state index in [9.17, 15) is 13.2 Å². The van der Waals surface area contributed by atoms with Crippen LogP contribution in [0.15, 0.2) is 42.5 Å². The molecule has 0 bridgehead atoms. The van der Waals surface area contributed by atoms with E-state index < -0.39 is 10.0 Å². The van der Waals surface area contributed by atoms with Crippen molar-refractivity contribution in [1.82, 2.24) is 9.62 Å². The lowest BCUT2D eigenvalue weighted by Gasteiger charge is -2.28. The molecule has 1 aliphatic heterocycles. The van der Waals surface area contributed by atoms with Gasteiger partial charge in [-0.25, -0.2) is 8.42 Å². The van der Waals surface area contributed by atoms with Crippen molar-refractivity contribution in [3.8, 4) is 5.75 Å². The minimum Gasteiger partial charge on any atom is -0.496 e. The molecule has 8 heteroatoms. The number of amides is 1. The Bertz CT molecular complexity index is 962. The van der Waals surface area contributed by atoms with Gasteiger partial charge in [-0.2, -0.15) is 4.31 Å². The minimum atomic E-state index is -3.37. The highest BCUT2D eigenvalue weighted by Crippen LogP contribution is 2.23. The summed E-state index contributed by atoms with van der Waals surface area (Å²) in [5, 5.41) is 3.16. The molecule has 1 heterocycles. The second kappa shape index (κ2) is 8.94. The van der Waals surface area contributed by atoms with Crippen LogP contribution >= 0.6 is 11.6 Å². The Morgan fingerprint density at radius 1 is 1.21 bits per heavy atom. The van der Waals surface area contributed by atoms with Gasteiger partial charge in [0.1, 0.15) is 5.75 Å². The van der Waals surface area contributed by atoms with E-state index in [1.165, 1.54) is 23.0 Å². The first-order chi connectivity index (χ1) is 13.4. The van der Waals surface area contributed by atoms with Crippen molar-refractivity contribution in [3.63, 3.8) is 0 Å². The fourth-order valence-electron chi connectivity index (χ4n) is 3.25. The number of fused-ring (bicyclic) bond motifs is 1. The van der Waals surface area contributed by atoms with Crippen LogP contribution < -0.4 is 10.1 Å². The molecule has 0 atom stereocenters. The maximum absolute atomic E-state index is 12.6. The smallest absolute Gasteiger partial charge is 0.255 e. The molecule has 0 unspecified atom stereocenters. The van der Waals surface area contributed by atoms with Crippen LogP contribution in [-0.2, 0) is 23.0 Å². The van der Waals surface area contributed by atoms with Gasteiger partial charge in [-0.1, -0.05) is 35.9 Å². The normalized spacial score (nSPS) is 14.4. The van der Waals surface area contributed by atoms with Crippen molar-refractivity contribution in [1.29, 1.82) is 0 Å². The third kappa shape index (κ3) is 4.84. The summed E-state index contributed by atoms with van der Waals surface area (Å²) in [6.07, 6.45) is 1.05. The van der Waals surface area contributed by atoms with Crippen LogP contribution in [-0.4, -0.2) is 44.6 Å². The van der Waals surface area contributed by atoms with Crippen molar-refractivity contribution in [2.75, 3.05) is 26.0 Å². The number of hydrogen-bond donors (Lipinski definition) is 1. The molecule has 2 aromatic carbocycles. The number of methoxy groups -OCH3 is 1. The van der Waals surface area contributed by atoms with E-state index in [2.05, 4.69) is 5.32 Å². The highest BCUT2D eigenvalue weighted by Gasteiger charge is 2.26. The molecule has 0 radical (unpaired) electrons. The maximum atomic E-state index is 12.6. The van der Waals surface area contributed by atoms with Crippen LogP contribution in [0.3, 0.4) is 0 Å². The summed E-state index contributed by atoms with van der Waals surface area (Å²) in [5.74, 6) is 0.0624. The Morgan fingerprint density at radius 2 is 1.96 bits per heavy atom. The highest BCUT2D eigenvalue weighted by molar-refractivity contribution is 7.89. The molecule has 0 aliphatic carbocycles. The molecule has 1 aliphatic rings. The molecule has 0 spiro atoms. The first-order valence-corrected chi connectivity index (χ1v) is 11.1. The Labute approximate surface area is 170 Å². The van der Waals surface area contributed by atoms with Gasteiger partial charge in [-0.3, -0.25) is 4.79 Å². The molecule has 28 heavy (non-hydrogen) atoms. The maximum Gasteiger partial charge on any atom is 0.255 e. The monoisotopic (exact) mass is 422 g/mol. The van der Waals surface area contributed by atoms with Gasteiger partial charge in [0.25, 0.3) is 5.91 Å². The molecule has 2 aromatic rings. The number of carbonyl (C=O) groups is 1. The van der Waals surface area contributed by atoms with Crippen molar-refractivity contribution >= 4 is 27.5 Å². The number of rotatable bonds is 7. The molecule has 6 nitrogen and oxygen atoms in total. The Kier molecular flexibility index (Phi) is 6.59. The molecule has 1 N–H and O–H groups in total. The average molecular weight is 423 g/mol. The average Bonchev–Trinajstić information content (AvgIpc) is 2.70. The fraction of sp³-hybridized carbons (Fsp3) is 0.350. The summed E-state index contributed by atoms with van der Waals surface area (Å²) in [4.78, 5) is 12.3. The van der Waals surface area contributed by atoms with Gasteiger partial charge in [-0.15, -0.1) is 0 Å². The Balaban J connectivity index is 1.52. The van der Waals surface area contributed by atoms with Crippen molar-refractivity contribution < 1.29 is 17.9 Å². The van der Waals surface area contributed by atoms with Crippen LogP contribution in [0.4, 0.5) is 0 Å². The quantitative estimate of drug-likeness (QED) is 0.696. The molecule has 0 saturated carbocycles. The number of benzene rings is 2. The molecule has 150 valence electrons. The zero-order chi connectivity index (χ0) is 20.1. The molecule has 0 fully saturated rings. The zero-order valence-electron chi connectivity index (χ0n) is 15.7. The molecular formula is C20H23ClN2O4S. The molecular weight excluding hydrogens is 400 g/mol. The van der Waals surface area contributed by atoms with Gasteiger partial charge >= 0.3 is 0 Å². The van der Waals surface area contributed by atoms with Crippen molar-refractivity contribution in [2.45, 2.75) is 19.4 Å². The highest BCUT2D eigenvalue weighted by atomic mass is 35.5. The van der Waals surface area contributed by atoms with Crippen LogP contribution in [0, 0.1) is 0 Å². The van der Waals surface area contributed by atoms with Gasteiger partial charge in [0, 0.05) is 24.7 Å². The lowest BCUT2D eigenvalue weighted by molar-refractivity contribution is 0.0950. The second-order valence-corrected chi connectivity index (χ2v) is 9.15. The number of carbonyl (C=O) groups excluding carboxylic acids is 1. The van der Waals surface area contributed by atoms with Crippen LogP contribution in [0.25, 0.3) is 0 Å². The molecule has 3 rings (SSSR count). The number of ether oxygens (including phenoxy) is 1. The zero-order valence-corrected chi connectivity index (χ0v) is 17.2. The number of sulfonamides is 1. The Morgan fingerprint density at radius 3 is 2.71 bits per heavy atom. The van der Waals surface area contributed by atoms with Gasteiger partial charge < -0.3 is 10.1 Å². The number of hydrogen-bond acceptors (Lipinski definition) is 4. The number of nitrogens with one attached hydrogen (secondary N) is 1. The Hall–Kier alpha value is -2.09. The third-order valence-corrected chi connectivity index (χ3v) is 6.90. The summed E-state index contributed by atoms with van der Waals surface area (Å²) < 4.78 is 32.0. The van der Waals surface area contributed by atoms with Crippen molar-refractivity contribution in [2.24, 2.45) is 0 Å². The number of halogens is 1.